The molecule has 0 N–H and O–H groups in total. The molecule has 24 heavy (non-hydrogen) atoms. The monoisotopic (exact) mass is 317 g/mol. The summed E-state index contributed by atoms with van der Waals surface area (Å²) in [5.74, 6) is 1.41. The van der Waals surface area contributed by atoms with Gasteiger partial charge in [0.25, 0.3) is 0 Å². The maximum Gasteiger partial charge on any atom is 0.000676 e. The van der Waals surface area contributed by atoms with Gasteiger partial charge in [-0.2, -0.15) is 0 Å². The van der Waals surface area contributed by atoms with Gasteiger partial charge in [-0.25, -0.2) is 0 Å². The first kappa shape index (κ1) is 15.7. The van der Waals surface area contributed by atoms with E-state index < -0.39 is 0 Å². The molecule has 0 aliphatic heterocycles. The molecular formula is C23H27N. The summed E-state index contributed by atoms with van der Waals surface area (Å²) < 4.78 is 0. The van der Waals surface area contributed by atoms with E-state index >= 15 is 0 Å². The molecule has 0 bridgehead atoms. The Balaban J connectivity index is 1.86. The molecule has 3 aromatic carbocycles. The Kier molecular flexibility index (Phi) is 4.05. The summed E-state index contributed by atoms with van der Waals surface area (Å²) in [5, 5.41) is 5.64. The fourth-order valence-electron chi connectivity index (χ4n) is 4.74. The van der Waals surface area contributed by atoms with Gasteiger partial charge in [0.15, 0.2) is 0 Å². The fraction of sp³-hybridized carbons (Fsp3) is 0.391. The molecule has 3 aromatic rings. The molecule has 0 amide bonds. The molecular weight excluding hydrogens is 290 g/mol. The van der Waals surface area contributed by atoms with Crippen molar-refractivity contribution in [3.05, 3.63) is 59.7 Å². The van der Waals surface area contributed by atoms with Crippen LogP contribution in [0.2, 0.25) is 0 Å². The zero-order valence-electron chi connectivity index (χ0n) is 15.0. The van der Waals surface area contributed by atoms with E-state index in [9.17, 15) is 0 Å². The summed E-state index contributed by atoms with van der Waals surface area (Å²) in [6.07, 6.45) is 3.89. The highest BCUT2D eigenvalue weighted by molar-refractivity contribution is 6.08. The average Bonchev–Trinajstić information content (AvgIpc) is 2.60. The lowest BCUT2D eigenvalue weighted by atomic mass is 9.74. The normalized spacial score (nSPS) is 18.9. The minimum absolute atomic E-state index is 0.701. The minimum atomic E-state index is 0.701. The van der Waals surface area contributed by atoms with Gasteiger partial charge >= 0.3 is 0 Å². The molecule has 1 aliphatic carbocycles. The van der Waals surface area contributed by atoms with Gasteiger partial charge in [0.05, 0.1) is 0 Å². The molecule has 4 rings (SSSR count). The highest BCUT2D eigenvalue weighted by atomic mass is 15.1. The summed E-state index contributed by atoms with van der Waals surface area (Å²) in [6, 6.07) is 18.2. The standard InChI is InChI=1S/C23H27N/c1-16(15-24(2)3)18-9-6-10-20-21(18)13-14-22-19-8-5-4-7-17(19)11-12-23(20)22/h4-5,7-8,11-14,16,18H,6,9-10,15H2,1-3H3. The smallest absolute Gasteiger partial charge is 0.000676 e. The third-order valence-corrected chi connectivity index (χ3v) is 5.76. The van der Waals surface area contributed by atoms with Crippen LogP contribution in [0.3, 0.4) is 0 Å². The Labute approximate surface area is 145 Å². The van der Waals surface area contributed by atoms with Gasteiger partial charge in [-0.1, -0.05) is 55.5 Å². The summed E-state index contributed by atoms with van der Waals surface area (Å²) in [7, 11) is 4.37. The van der Waals surface area contributed by atoms with E-state index in [-0.39, 0.29) is 0 Å². The van der Waals surface area contributed by atoms with Crippen LogP contribution in [0.4, 0.5) is 0 Å². The van der Waals surface area contributed by atoms with Crippen LogP contribution in [0, 0.1) is 5.92 Å². The van der Waals surface area contributed by atoms with Gasteiger partial charge in [-0.15, -0.1) is 0 Å². The fourth-order valence-corrected chi connectivity index (χ4v) is 4.74. The van der Waals surface area contributed by atoms with Gasteiger partial charge < -0.3 is 4.90 Å². The second kappa shape index (κ2) is 6.22. The van der Waals surface area contributed by atoms with Crippen molar-refractivity contribution in [2.75, 3.05) is 20.6 Å². The van der Waals surface area contributed by atoms with E-state index in [1.54, 1.807) is 11.1 Å². The van der Waals surface area contributed by atoms with Gasteiger partial charge in [-0.05, 0) is 77.9 Å². The summed E-state index contributed by atoms with van der Waals surface area (Å²) >= 11 is 0. The number of hydrogen-bond acceptors (Lipinski definition) is 1. The average molecular weight is 317 g/mol. The molecule has 1 heteroatoms. The molecule has 0 aromatic heterocycles. The van der Waals surface area contributed by atoms with E-state index in [2.05, 4.69) is 74.4 Å². The molecule has 2 atom stereocenters. The van der Waals surface area contributed by atoms with E-state index in [1.165, 1.54) is 47.4 Å². The van der Waals surface area contributed by atoms with Crippen LogP contribution < -0.4 is 0 Å². The third-order valence-electron chi connectivity index (χ3n) is 5.76. The van der Waals surface area contributed by atoms with Crippen molar-refractivity contribution in [3.63, 3.8) is 0 Å². The summed E-state index contributed by atoms with van der Waals surface area (Å²) in [6.45, 7) is 3.59. The predicted molar refractivity (Wildman–Crippen MR) is 105 cm³/mol. The summed E-state index contributed by atoms with van der Waals surface area (Å²) in [4.78, 5) is 2.33. The minimum Gasteiger partial charge on any atom is -0.309 e. The molecule has 0 saturated heterocycles. The number of hydrogen-bond donors (Lipinski definition) is 0. The van der Waals surface area contributed by atoms with Crippen molar-refractivity contribution in [1.82, 2.24) is 4.90 Å². The topological polar surface area (TPSA) is 3.24 Å². The van der Waals surface area contributed by atoms with Gasteiger partial charge in [0.2, 0.25) is 0 Å². The molecule has 1 aliphatic rings. The SMILES string of the molecule is CC(CN(C)C)C1CCCc2c1ccc1c2ccc2ccccc21. The number of rotatable bonds is 3. The molecule has 0 fully saturated rings. The van der Waals surface area contributed by atoms with E-state index in [1.807, 2.05) is 0 Å². The maximum absolute atomic E-state index is 2.43. The van der Waals surface area contributed by atoms with Crippen molar-refractivity contribution in [2.24, 2.45) is 5.92 Å². The first-order valence-corrected chi connectivity index (χ1v) is 9.23. The molecule has 1 nitrogen and oxygen atoms in total. The highest BCUT2D eigenvalue weighted by Crippen LogP contribution is 2.41. The van der Waals surface area contributed by atoms with Gasteiger partial charge in [0.1, 0.15) is 0 Å². The molecule has 2 unspecified atom stereocenters. The van der Waals surface area contributed by atoms with Gasteiger partial charge in [-0.3, -0.25) is 0 Å². The quantitative estimate of drug-likeness (QED) is 0.567. The lowest BCUT2D eigenvalue weighted by molar-refractivity contribution is 0.290. The Morgan fingerprint density at radius 3 is 2.58 bits per heavy atom. The van der Waals surface area contributed by atoms with Crippen molar-refractivity contribution < 1.29 is 0 Å². The Hall–Kier alpha value is -1.86. The first-order valence-electron chi connectivity index (χ1n) is 9.23. The second-order valence-corrected chi connectivity index (χ2v) is 7.75. The van der Waals surface area contributed by atoms with Crippen molar-refractivity contribution in [2.45, 2.75) is 32.1 Å². The van der Waals surface area contributed by atoms with Crippen LogP contribution in [0.5, 0.6) is 0 Å². The molecule has 124 valence electrons. The third kappa shape index (κ3) is 2.61. The lowest BCUT2D eigenvalue weighted by Crippen LogP contribution is -2.26. The predicted octanol–water partition coefficient (Wildman–Crippen LogP) is 5.61. The highest BCUT2D eigenvalue weighted by Gasteiger charge is 2.26. The Bertz CT molecular complexity index is 878. The summed E-state index contributed by atoms with van der Waals surface area (Å²) in [5.41, 5.74) is 3.22. The second-order valence-electron chi connectivity index (χ2n) is 7.75. The molecule has 0 saturated carbocycles. The van der Waals surface area contributed by atoms with E-state index in [0.717, 1.165) is 0 Å². The van der Waals surface area contributed by atoms with Gasteiger partial charge in [0, 0.05) is 6.54 Å². The molecule has 0 spiro atoms. The van der Waals surface area contributed by atoms with Crippen molar-refractivity contribution >= 4 is 21.5 Å². The first-order chi connectivity index (χ1) is 11.6. The largest absolute Gasteiger partial charge is 0.309 e. The van der Waals surface area contributed by atoms with Crippen LogP contribution >= 0.6 is 0 Å². The number of nitrogens with zero attached hydrogens (tertiary/aromatic N) is 1. The zero-order valence-corrected chi connectivity index (χ0v) is 15.0. The van der Waals surface area contributed by atoms with Crippen LogP contribution in [-0.4, -0.2) is 25.5 Å². The van der Waals surface area contributed by atoms with Crippen LogP contribution in [0.25, 0.3) is 21.5 Å². The van der Waals surface area contributed by atoms with Crippen LogP contribution in [-0.2, 0) is 6.42 Å². The van der Waals surface area contributed by atoms with E-state index in [0.29, 0.717) is 11.8 Å². The Morgan fingerprint density at radius 1 is 0.958 bits per heavy atom. The maximum atomic E-state index is 2.43. The van der Waals surface area contributed by atoms with Crippen LogP contribution in [0.1, 0.15) is 36.8 Å². The number of benzene rings is 3. The van der Waals surface area contributed by atoms with Crippen LogP contribution in [0.15, 0.2) is 48.5 Å². The number of fused-ring (bicyclic) bond motifs is 5. The van der Waals surface area contributed by atoms with E-state index in [4.69, 9.17) is 0 Å². The Morgan fingerprint density at radius 2 is 1.75 bits per heavy atom. The molecule has 0 radical (unpaired) electrons. The number of aryl methyl sites for hydroxylation is 1. The van der Waals surface area contributed by atoms with Crippen molar-refractivity contribution in [3.8, 4) is 0 Å². The van der Waals surface area contributed by atoms with Crippen molar-refractivity contribution in [1.29, 1.82) is 0 Å². The lowest BCUT2D eigenvalue weighted by Gasteiger charge is -2.32. The zero-order chi connectivity index (χ0) is 16.7. The molecule has 0 heterocycles.